The van der Waals surface area contributed by atoms with Gasteiger partial charge in [-0.25, -0.2) is 4.79 Å². The first-order valence-electron chi connectivity index (χ1n) is 10.2. The molecule has 1 rings (SSSR count). The normalized spacial score (nSPS) is 12.2. The zero-order chi connectivity index (χ0) is 25.7. The van der Waals surface area contributed by atoms with Crippen molar-refractivity contribution in [3.05, 3.63) is 34.9 Å². The van der Waals surface area contributed by atoms with Gasteiger partial charge in [-0.15, -0.1) is 10.2 Å². The molecule has 0 aliphatic rings. The van der Waals surface area contributed by atoms with Crippen molar-refractivity contribution in [2.45, 2.75) is 26.7 Å². The fourth-order valence-corrected chi connectivity index (χ4v) is 3.99. The Morgan fingerprint density at radius 2 is 1.68 bits per heavy atom. The predicted octanol–water partition coefficient (Wildman–Crippen LogP) is 1.25. The zero-order valence-electron chi connectivity index (χ0n) is 19.1. The molecule has 0 aliphatic heterocycles. The molecule has 0 heterocycles. The number of rotatable bonds is 13. The smallest absolute Gasteiger partial charge is 0.363 e. The van der Waals surface area contributed by atoms with Gasteiger partial charge in [-0.1, -0.05) is 0 Å². The van der Waals surface area contributed by atoms with Crippen molar-refractivity contribution in [2.24, 2.45) is 21.7 Å². The maximum Gasteiger partial charge on any atom is 0.363 e. The van der Waals surface area contributed by atoms with Gasteiger partial charge in [-0.2, -0.15) is 5.06 Å². The molecule has 0 saturated carbocycles. The second-order valence-corrected chi connectivity index (χ2v) is 8.67. The molecular weight excluding hydrogens is 469 g/mol. The average Bonchev–Trinajstić information content (AvgIpc) is 2.80. The second-order valence-electron chi connectivity index (χ2n) is 6.62. The van der Waals surface area contributed by atoms with Crippen molar-refractivity contribution in [1.29, 1.82) is 0 Å². The molecule has 0 aromatic heterocycles. The summed E-state index contributed by atoms with van der Waals surface area (Å²) in [5.41, 5.74) is 11.8. The number of hydroxylamine groups is 2. The molecule has 0 atom stereocenters. The first-order chi connectivity index (χ1) is 16.1. The van der Waals surface area contributed by atoms with Gasteiger partial charge in [-0.3, -0.25) is 14.2 Å². The van der Waals surface area contributed by atoms with Crippen molar-refractivity contribution in [3.8, 4) is 0 Å². The molecule has 0 saturated heterocycles. The highest BCUT2D eigenvalue weighted by molar-refractivity contribution is 7.54. The number of aldehydes is 2. The summed E-state index contributed by atoms with van der Waals surface area (Å²) in [7, 11) is -2.28. The first-order valence-corrected chi connectivity index (χ1v) is 11.9. The highest BCUT2D eigenvalue weighted by atomic mass is 31.2. The van der Waals surface area contributed by atoms with Crippen LogP contribution in [0.2, 0.25) is 0 Å². The van der Waals surface area contributed by atoms with Crippen LogP contribution in [0.25, 0.3) is 0 Å². The Morgan fingerprint density at radius 3 is 2.24 bits per heavy atom. The summed E-state index contributed by atoms with van der Waals surface area (Å²) in [4.78, 5) is 50.9. The summed E-state index contributed by atoms with van der Waals surface area (Å²) in [5, 5.41) is 8.17. The van der Waals surface area contributed by atoms with Gasteiger partial charge >= 0.3 is 13.6 Å². The van der Waals surface area contributed by atoms with Crippen LogP contribution in [-0.2, 0) is 28.0 Å². The monoisotopic (exact) mass is 497 g/mol. The molecule has 34 heavy (non-hydrogen) atoms. The van der Waals surface area contributed by atoms with Crippen molar-refractivity contribution in [3.63, 3.8) is 0 Å². The number of carbonyl (C=O) groups is 4. The molecule has 1 aromatic rings. The van der Waals surface area contributed by atoms with Gasteiger partial charge in [-0.05, 0) is 32.0 Å². The molecular formula is C20H28N5O8P. The van der Waals surface area contributed by atoms with Crippen LogP contribution in [0.1, 0.15) is 53.0 Å². The van der Waals surface area contributed by atoms with Crippen LogP contribution in [0.5, 0.6) is 0 Å². The first kappa shape index (κ1) is 28.6. The van der Waals surface area contributed by atoms with E-state index in [1.54, 1.807) is 13.8 Å². The quantitative estimate of drug-likeness (QED) is 0.132. The van der Waals surface area contributed by atoms with E-state index in [0.29, 0.717) is 17.6 Å². The lowest BCUT2D eigenvalue weighted by Crippen LogP contribution is -2.30. The van der Waals surface area contributed by atoms with Gasteiger partial charge in [0, 0.05) is 31.0 Å². The van der Waals surface area contributed by atoms with Gasteiger partial charge < -0.3 is 30.1 Å². The minimum atomic E-state index is -3.49. The molecule has 13 nitrogen and oxygen atoms in total. The Bertz CT molecular complexity index is 1000. The van der Waals surface area contributed by atoms with Crippen molar-refractivity contribution < 1.29 is 37.6 Å². The number of benzene rings is 1. The van der Waals surface area contributed by atoms with Gasteiger partial charge in [0.15, 0.2) is 5.84 Å². The molecule has 1 amide bonds. The third-order valence-electron chi connectivity index (χ3n) is 3.96. The fraction of sp³-hybridized carbons (Fsp3) is 0.400. The largest absolute Gasteiger partial charge is 0.385 e. The highest BCUT2D eigenvalue weighted by Gasteiger charge is 2.25. The van der Waals surface area contributed by atoms with Gasteiger partial charge in [0.25, 0.3) is 5.91 Å². The third kappa shape index (κ3) is 9.22. The van der Waals surface area contributed by atoms with Crippen molar-refractivity contribution in [1.82, 2.24) is 5.06 Å². The van der Waals surface area contributed by atoms with E-state index in [2.05, 4.69) is 10.2 Å². The standard InChI is InChI=1S/C20H28N5O8P/c1-4-31-34(30,32-5-2)13-17(21)23-24-19(22)15-9-14(12-27)10-16(11-15)20(29)33-25(3)18(28)7-6-8-26/h8-12H,4-7,13H2,1-3H3,(H2,21,23)(H2,22,24). The Balaban J connectivity index is 3.10. The molecule has 0 aliphatic carbocycles. The molecule has 0 spiro atoms. The molecule has 0 radical (unpaired) electrons. The molecule has 0 bridgehead atoms. The topological polar surface area (TPSA) is 193 Å². The van der Waals surface area contributed by atoms with Crippen LogP contribution in [-0.4, -0.2) is 67.6 Å². The summed E-state index contributed by atoms with van der Waals surface area (Å²) in [6, 6.07) is 3.85. The van der Waals surface area contributed by atoms with E-state index < -0.39 is 19.5 Å². The molecule has 4 N–H and O–H groups in total. The molecule has 186 valence electrons. The fourth-order valence-electron chi connectivity index (χ4n) is 2.48. The minimum Gasteiger partial charge on any atom is -0.385 e. The lowest BCUT2D eigenvalue weighted by atomic mass is 10.1. The molecule has 0 fully saturated rings. The molecule has 0 unspecified atom stereocenters. The molecule has 14 heteroatoms. The maximum atomic E-state index is 12.5. The molecule has 1 aromatic carbocycles. The summed E-state index contributed by atoms with van der Waals surface area (Å²) < 4.78 is 22.8. The number of hydrogen-bond acceptors (Lipinski definition) is 10. The summed E-state index contributed by atoms with van der Waals surface area (Å²) in [6.45, 7) is 3.59. The number of amides is 1. The Labute approximate surface area is 196 Å². The summed E-state index contributed by atoms with van der Waals surface area (Å²) >= 11 is 0. The maximum absolute atomic E-state index is 12.5. The Morgan fingerprint density at radius 1 is 1.06 bits per heavy atom. The van der Waals surface area contributed by atoms with Crippen LogP contribution in [0.4, 0.5) is 0 Å². The third-order valence-corrected chi connectivity index (χ3v) is 5.98. The minimum absolute atomic E-state index is 0.0211. The van der Waals surface area contributed by atoms with E-state index in [-0.39, 0.29) is 60.6 Å². The van der Waals surface area contributed by atoms with E-state index in [9.17, 15) is 23.7 Å². The summed E-state index contributed by atoms with van der Waals surface area (Å²) in [6.07, 6.45) is 0.571. The van der Waals surface area contributed by atoms with Crippen LogP contribution < -0.4 is 11.5 Å². The van der Waals surface area contributed by atoms with Gasteiger partial charge in [0.2, 0.25) is 0 Å². The average molecular weight is 497 g/mol. The number of nitrogens with two attached hydrogens (primary N) is 2. The number of hydrogen-bond donors (Lipinski definition) is 2. The highest BCUT2D eigenvalue weighted by Crippen LogP contribution is 2.47. The van der Waals surface area contributed by atoms with Crippen molar-refractivity contribution >= 4 is 43.7 Å². The lowest BCUT2D eigenvalue weighted by molar-refractivity contribution is -0.161. The summed E-state index contributed by atoms with van der Waals surface area (Å²) in [5.74, 6) is -1.92. The lowest BCUT2D eigenvalue weighted by Gasteiger charge is -2.16. The van der Waals surface area contributed by atoms with Crippen LogP contribution in [0.15, 0.2) is 28.4 Å². The number of carbonyl (C=O) groups excluding carboxylic acids is 4. The van der Waals surface area contributed by atoms with E-state index in [1.807, 2.05) is 0 Å². The van der Waals surface area contributed by atoms with E-state index in [0.717, 1.165) is 0 Å². The predicted molar refractivity (Wildman–Crippen MR) is 123 cm³/mol. The SMILES string of the molecule is CCOP(=O)(C/C(N)=N/N=C(\N)c1cc(C=O)cc(C(=O)ON(C)C(=O)CCC=O)c1)OCC. The Kier molecular flexibility index (Phi) is 11.8. The zero-order valence-corrected chi connectivity index (χ0v) is 20.0. The van der Waals surface area contributed by atoms with Gasteiger partial charge in [0.05, 0.1) is 18.8 Å². The Hall–Kier alpha value is -3.41. The van der Waals surface area contributed by atoms with E-state index in [4.69, 9.17) is 25.4 Å². The van der Waals surface area contributed by atoms with Crippen LogP contribution in [0.3, 0.4) is 0 Å². The number of amidine groups is 2. The van der Waals surface area contributed by atoms with E-state index in [1.165, 1.54) is 25.2 Å². The second kappa shape index (κ2) is 14.0. The van der Waals surface area contributed by atoms with Gasteiger partial charge in [0.1, 0.15) is 24.6 Å². The van der Waals surface area contributed by atoms with E-state index >= 15 is 0 Å². The van der Waals surface area contributed by atoms with Crippen LogP contribution >= 0.6 is 7.60 Å². The van der Waals surface area contributed by atoms with Crippen molar-refractivity contribution in [2.75, 3.05) is 26.4 Å². The number of nitrogens with zero attached hydrogens (tertiary/aromatic N) is 3. The van der Waals surface area contributed by atoms with Crippen LogP contribution in [0, 0.1) is 0 Å².